The van der Waals surface area contributed by atoms with Gasteiger partial charge in [-0.15, -0.1) is 0 Å². The Morgan fingerprint density at radius 3 is 2.25 bits per heavy atom. The molecule has 0 aromatic heterocycles. The molecule has 0 aliphatic heterocycles. The van der Waals surface area contributed by atoms with Crippen molar-refractivity contribution in [2.75, 3.05) is 0 Å². The van der Waals surface area contributed by atoms with Crippen LogP contribution in [0.5, 0.6) is 0 Å². The van der Waals surface area contributed by atoms with Gasteiger partial charge in [0.1, 0.15) is 5.82 Å². The van der Waals surface area contributed by atoms with Gasteiger partial charge in [0, 0.05) is 18.4 Å². The first-order valence-corrected chi connectivity index (χ1v) is 3.91. The minimum Gasteiger partial charge on any atom is -0.305 e. The van der Waals surface area contributed by atoms with Gasteiger partial charge in [-0.1, -0.05) is 0 Å². The van der Waals surface area contributed by atoms with Gasteiger partial charge in [-0.25, -0.2) is 11.0 Å². The maximum Gasteiger partial charge on any atom is 0.258 e. The molecular formula is C10H8FN. The van der Waals surface area contributed by atoms with Gasteiger partial charge in [-0.2, -0.15) is 0 Å². The minimum absolute atomic E-state index is 0.237. The van der Waals surface area contributed by atoms with E-state index in [-0.39, 0.29) is 11.4 Å². The summed E-state index contributed by atoms with van der Waals surface area (Å²) in [6, 6.07) is 6.25. The van der Waals surface area contributed by atoms with E-state index in [0.717, 1.165) is 18.4 Å². The smallest absolute Gasteiger partial charge is 0.258 e. The van der Waals surface area contributed by atoms with Crippen LogP contribution >= 0.6 is 0 Å². The first-order chi connectivity index (χ1) is 5.77. The Labute approximate surface area is 70.7 Å². The second kappa shape index (κ2) is 2.31. The molecule has 2 heteroatoms. The lowest BCUT2D eigenvalue weighted by Crippen LogP contribution is -1.98. The summed E-state index contributed by atoms with van der Waals surface area (Å²) in [6.45, 7) is 6.99. The molecule has 0 amide bonds. The lowest BCUT2D eigenvalue weighted by Gasteiger charge is -2.00. The maximum atomic E-state index is 12.5. The third-order valence-corrected chi connectivity index (χ3v) is 2.32. The lowest BCUT2D eigenvalue weighted by atomic mass is 10.1. The van der Waals surface area contributed by atoms with Crippen molar-refractivity contribution in [1.82, 2.24) is 0 Å². The van der Waals surface area contributed by atoms with Gasteiger partial charge < -0.3 is 4.85 Å². The highest BCUT2D eigenvalue weighted by atomic mass is 19.1. The molecule has 0 radical (unpaired) electrons. The predicted molar refractivity (Wildman–Crippen MR) is 43.9 cm³/mol. The fraction of sp³-hybridized carbons (Fsp3) is 0.300. The fourth-order valence-corrected chi connectivity index (χ4v) is 1.34. The molecule has 1 nitrogen and oxygen atoms in total. The van der Waals surface area contributed by atoms with Crippen LogP contribution in [-0.4, -0.2) is 0 Å². The van der Waals surface area contributed by atoms with E-state index in [1.54, 1.807) is 12.1 Å². The normalized spacial score (nSPS) is 18.3. The quantitative estimate of drug-likeness (QED) is 0.558. The number of nitrogens with zero attached hydrogens (tertiary/aromatic N) is 1. The van der Waals surface area contributed by atoms with E-state index in [0.29, 0.717) is 0 Å². The van der Waals surface area contributed by atoms with Crippen molar-refractivity contribution in [3.63, 3.8) is 0 Å². The van der Waals surface area contributed by atoms with E-state index in [1.165, 1.54) is 12.1 Å². The summed E-state index contributed by atoms with van der Waals surface area (Å²) in [7, 11) is 0. The maximum absolute atomic E-state index is 12.5. The Hall–Kier alpha value is -1.36. The third-order valence-electron chi connectivity index (χ3n) is 2.32. The van der Waals surface area contributed by atoms with Gasteiger partial charge in [0.2, 0.25) is 0 Å². The largest absolute Gasteiger partial charge is 0.305 e. The standard InChI is InChI=1S/C10H8FN/c1-12-10(6-7-10)8-2-4-9(11)5-3-8/h2-5H,6-7H2. The van der Waals surface area contributed by atoms with Crippen molar-refractivity contribution < 1.29 is 4.39 Å². The van der Waals surface area contributed by atoms with E-state index in [4.69, 9.17) is 6.57 Å². The second-order valence-corrected chi connectivity index (χ2v) is 3.15. The number of rotatable bonds is 1. The Morgan fingerprint density at radius 1 is 1.25 bits per heavy atom. The zero-order chi connectivity index (χ0) is 8.60. The Morgan fingerprint density at radius 2 is 1.83 bits per heavy atom. The summed E-state index contributed by atoms with van der Waals surface area (Å²) in [5, 5.41) is 0. The molecule has 0 atom stereocenters. The summed E-state index contributed by atoms with van der Waals surface area (Å²) in [5.74, 6) is -0.237. The molecule has 12 heavy (non-hydrogen) atoms. The zero-order valence-electron chi connectivity index (χ0n) is 6.55. The molecule has 1 aliphatic rings. The summed E-state index contributed by atoms with van der Waals surface area (Å²) < 4.78 is 12.5. The number of hydrogen-bond donors (Lipinski definition) is 0. The molecule has 1 aromatic carbocycles. The van der Waals surface area contributed by atoms with Gasteiger partial charge in [0.25, 0.3) is 5.54 Å². The van der Waals surface area contributed by atoms with E-state index in [1.807, 2.05) is 0 Å². The Bertz CT molecular complexity index is 330. The molecule has 0 heterocycles. The van der Waals surface area contributed by atoms with Gasteiger partial charge in [0.05, 0.1) is 0 Å². The molecule has 1 fully saturated rings. The molecule has 1 aromatic rings. The molecule has 60 valence electrons. The van der Waals surface area contributed by atoms with Crippen molar-refractivity contribution in [3.8, 4) is 0 Å². The number of benzene rings is 1. The summed E-state index contributed by atoms with van der Waals surface area (Å²) in [6.07, 6.45) is 1.84. The average Bonchev–Trinajstić information content (AvgIpc) is 2.86. The minimum atomic E-state index is -0.298. The first kappa shape index (κ1) is 7.30. The molecule has 0 unspecified atom stereocenters. The molecule has 0 spiro atoms. The molecule has 0 bridgehead atoms. The van der Waals surface area contributed by atoms with E-state index >= 15 is 0 Å². The summed E-state index contributed by atoms with van der Waals surface area (Å²) in [5.41, 5.74) is 0.659. The fourth-order valence-electron chi connectivity index (χ4n) is 1.34. The monoisotopic (exact) mass is 161 g/mol. The highest BCUT2D eigenvalue weighted by Gasteiger charge is 2.52. The Kier molecular flexibility index (Phi) is 1.41. The molecular weight excluding hydrogens is 153 g/mol. The van der Waals surface area contributed by atoms with Gasteiger partial charge >= 0.3 is 0 Å². The molecule has 1 aliphatic carbocycles. The summed E-state index contributed by atoms with van der Waals surface area (Å²) in [4.78, 5) is 3.56. The SMILES string of the molecule is [C-]#[N+]C1(c2ccc(F)cc2)CC1. The zero-order valence-corrected chi connectivity index (χ0v) is 6.55. The molecule has 0 N–H and O–H groups in total. The van der Waals surface area contributed by atoms with Crippen LogP contribution in [-0.2, 0) is 5.54 Å². The van der Waals surface area contributed by atoms with Crippen LogP contribution in [0.4, 0.5) is 4.39 Å². The van der Waals surface area contributed by atoms with Crippen molar-refractivity contribution in [1.29, 1.82) is 0 Å². The van der Waals surface area contributed by atoms with E-state index in [2.05, 4.69) is 4.85 Å². The second-order valence-electron chi connectivity index (χ2n) is 3.15. The van der Waals surface area contributed by atoms with Gasteiger partial charge in [-0.3, -0.25) is 0 Å². The van der Waals surface area contributed by atoms with Crippen LogP contribution in [0.2, 0.25) is 0 Å². The van der Waals surface area contributed by atoms with Crippen molar-refractivity contribution in [2.45, 2.75) is 18.4 Å². The molecule has 1 saturated carbocycles. The molecule has 0 saturated heterocycles. The average molecular weight is 161 g/mol. The first-order valence-electron chi connectivity index (χ1n) is 3.91. The lowest BCUT2D eigenvalue weighted by molar-refractivity contribution is 0.626. The number of hydrogen-bond acceptors (Lipinski definition) is 0. The number of halogens is 1. The highest BCUT2D eigenvalue weighted by Crippen LogP contribution is 2.49. The van der Waals surface area contributed by atoms with Gasteiger partial charge in [-0.05, 0) is 24.3 Å². The van der Waals surface area contributed by atoms with Gasteiger partial charge in [0.15, 0.2) is 0 Å². The van der Waals surface area contributed by atoms with Crippen LogP contribution in [0.1, 0.15) is 18.4 Å². The topological polar surface area (TPSA) is 4.36 Å². The van der Waals surface area contributed by atoms with Crippen molar-refractivity contribution in [3.05, 3.63) is 47.1 Å². The third kappa shape index (κ3) is 0.984. The van der Waals surface area contributed by atoms with E-state index < -0.39 is 0 Å². The molecule has 2 rings (SSSR count). The predicted octanol–water partition coefficient (Wildman–Crippen LogP) is 2.73. The highest BCUT2D eigenvalue weighted by molar-refractivity contribution is 5.34. The van der Waals surface area contributed by atoms with Crippen LogP contribution in [0.15, 0.2) is 24.3 Å². The van der Waals surface area contributed by atoms with Crippen LogP contribution in [0, 0.1) is 12.4 Å². The van der Waals surface area contributed by atoms with E-state index in [9.17, 15) is 4.39 Å². The Balaban J connectivity index is 2.37. The van der Waals surface area contributed by atoms with Crippen molar-refractivity contribution >= 4 is 0 Å². The summed E-state index contributed by atoms with van der Waals surface area (Å²) >= 11 is 0. The van der Waals surface area contributed by atoms with Crippen LogP contribution in [0.25, 0.3) is 4.85 Å². The van der Waals surface area contributed by atoms with Crippen LogP contribution in [0.3, 0.4) is 0 Å². The van der Waals surface area contributed by atoms with Crippen molar-refractivity contribution in [2.24, 2.45) is 0 Å². The van der Waals surface area contributed by atoms with Crippen LogP contribution < -0.4 is 0 Å².